The molecule has 3 aromatic rings. The number of aliphatic carboxylic acids is 1. The molecule has 2 aromatic carbocycles. The van der Waals surface area contributed by atoms with Gasteiger partial charge in [0.05, 0.1) is 33.4 Å². The predicted molar refractivity (Wildman–Crippen MR) is 100 cm³/mol. The number of carboxylic acids is 1. The van der Waals surface area contributed by atoms with Gasteiger partial charge in [-0.15, -0.1) is 0 Å². The Kier molecular flexibility index (Phi) is 4.89. The fraction of sp³-hybridized carbons (Fsp3) is 0.167. The van der Waals surface area contributed by atoms with Crippen LogP contribution in [0.1, 0.15) is 24.0 Å². The molecular weight excluding hydrogens is 379 g/mol. The summed E-state index contributed by atoms with van der Waals surface area (Å²) >= 11 is 11.9. The van der Waals surface area contributed by atoms with Crippen molar-refractivity contribution in [3.63, 3.8) is 0 Å². The van der Waals surface area contributed by atoms with Crippen LogP contribution in [0, 0.1) is 0 Å². The summed E-state index contributed by atoms with van der Waals surface area (Å²) in [4.78, 5) is 39.3. The van der Waals surface area contributed by atoms with E-state index in [1.54, 1.807) is 36.4 Å². The van der Waals surface area contributed by atoms with E-state index in [0.717, 1.165) is 4.57 Å². The Morgan fingerprint density at radius 2 is 1.92 bits per heavy atom. The van der Waals surface area contributed by atoms with E-state index < -0.39 is 23.1 Å². The predicted octanol–water partition coefficient (Wildman–Crippen LogP) is 3.23. The fourth-order valence-electron chi connectivity index (χ4n) is 2.78. The normalized spacial score (nSPS) is 12.3. The number of rotatable bonds is 4. The van der Waals surface area contributed by atoms with Crippen molar-refractivity contribution in [3.8, 4) is 0 Å². The molecule has 0 radical (unpaired) electrons. The van der Waals surface area contributed by atoms with Crippen LogP contribution in [0.4, 0.5) is 0 Å². The Bertz CT molecular complexity index is 1130. The van der Waals surface area contributed by atoms with Gasteiger partial charge in [0.1, 0.15) is 0 Å². The number of nitrogens with one attached hydrogen (secondary N) is 1. The van der Waals surface area contributed by atoms with Gasteiger partial charge < -0.3 is 10.1 Å². The molecule has 0 aliphatic rings. The van der Waals surface area contributed by atoms with Gasteiger partial charge in [-0.1, -0.05) is 41.4 Å². The largest absolute Gasteiger partial charge is 0.481 e. The van der Waals surface area contributed by atoms with Crippen LogP contribution in [0.5, 0.6) is 0 Å². The molecule has 0 bridgehead atoms. The van der Waals surface area contributed by atoms with Gasteiger partial charge in [-0.05, 0) is 36.2 Å². The van der Waals surface area contributed by atoms with Crippen LogP contribution in [0.15, 0.2) is 46.0 Å². The van der Waals surface area contributed by atoms with Crippen molar-refractivity contribution in [1.29, 1.82) is 0 Å². The van der Waals surface area contributed by atoms with Gasteiger partial charge in [0.2, 0.25) is 0 Å². The molecule has 134 valence electrons. The molecule has 0 aliphatic carbocycles. The van der Waals surface area contributed by atoms with Gasteiger partial charge in [-0.2, -0.15) is 0 Å². The highest BCUT2D eigenvalue weighted by Crippen LogP contribution is 2.24. The highest BCUT2D eigenvalue weighted by Gasteiger charge is 2.20. The molecule has 0 saturated heterocycles. The first-order chi connectivity index (χ1) is 12.3. The van der Waals surface area contributed by atoms with Gasteiger partial charge in [0.15, 0.2) is 0 Å². The third-order valence-electron chi connectivity index (χ3n) is 4.20. The van der Waals surface area contributed by atoms with E-state index >= 15 is 0 Å². The fourth-order valence-corrected chi connectivity index (χ4v) is 3.10. The van der Waals surface area contributed by atoms with E-state index in [-0.39, 0.29) is 11.9 Å². The van der Waals surface area contributed by atoms with Crippen molar-refractivity contribution in [2.75, 3.05) is 0 Å². The summed E-state index contributed by atoms with van der Waals surface area (Å²) in [6.45, 7) is 1.47. The Hall–Kier alpha value is -2.57. The van der Waals surface area contributed by atoms with Crippen molar-refractivity contribution >= 4 is 40.1 Å². The molecule has 0 amide bonds. The molecule has 0 spiro atoms. The highest BCUT2D eigenvalue weighted by atomic mass is 35.5. The minimum atomic E-state index is -1.06. The van der Waals surface area contributed by atoms with Crippen LogP contribution in [-0.2, 0) is 11.3 Å². The number of hydrogen-bond acceptors (Lipinski definition) is 3. The maximum atomic E-state index is 12.9. The number of fused-ring (bicyclic) bond motifs is 1. The zero-order valence-electron chi connectivity index (χ0n) is 13.6. The summed E-state index contributed by atoms with van der Waals surface area (Å²) in [6, 6.07) is 9.57. The van der Waals surface area contributed by atoms with E-state index in [1.165, 1.54) is 6.92 Å². The quantitative estimate of drug-likeness (QED) is 0.712. The van der Waals surface area contributed by atoms with Gasteiger partial charge in [0.25, 0.3) is 5.56 Å². The number of nitrogens with zero attached hydrogens (tertiary/aromatic N) is 1. The molecule has 0 aliphatic heterocycles. The summed E-state index contributed by atoms with van der Waals surface area (Å²) < 4.78 is 1.01. The Labute approximate surface area is 157 Å². The molecule has 0 fully saturated rings. The first kappa shape index (κ1) is 18.2. The smallest absolute Gasteiger partial charge is 0.329 e. The van der Waals surface area contributed by atoms with E-state index in [1.807, 2.05) is 0 Å². The van der Waals surface area contributed by atoms with Gasteiger partial charge >= 0.3 is 11.7 Å². The molecule has 1 atom stereocenters. The molecule has 26 heavy (non-hydrogen) atoms. The lowest BCUT2D eigenvalue weighted by Crippen LogP contribution is -2.36. The molecule has 2 N–H and O–H groups in total. The molecule has 3 rings (SSSR count). The summed E-state index contributed by atoms with van der Waals surface area (Å²) in [5.74, 6) is -1.95. The van der Waals surface area contributed by atoms with E-state index in [2.05, 4.69) is 4.98 Å². The number of carboxylic acid groups (broad SMARTS) is 1. The second kappa shape index (κ2) is 6.97. The van der Waals surface area contributed by atoms with E-state index in [9.17, 15) is 19.5 Å². The third-order valence-corrected chi connectivity index (χ3v) is 4.94. The number of carbonyl (C=O) groups is 1. The number of benzene rings is 2. The second-order valence-electron chi connectivity index (χ2n) is 5.90. The topological polar surface area (TPSA) is 92.2 Å². The molecular formula is C18H14Cl2N2O4. The van der Waals surface area contributed by atoms with Crippen molar-refractivity contribution < 1.29 is 9.90 Å². The van der Waals surface area contributed by atoms with Crippen molar-refractivity contribution in [2.45, 2.75) is 19.4 Å². The number of H-pyrrole nitrogens is 1. The Balaban J connectivity index is 2.22. The summed E-state index contributed by atoms with van der Waals surface area (Å²) in [5, 5.41) is 10.2. The van der Waals surface area contributed by atoms with E-state index in [4.69, 9.17) is 23.2 Å². The van der Waals surface area contributed by atoms with Gasteiger partial charge in [-0.25, -0.2) is 4.79 Å². The monoisotopic (exact) mass is 392 g/mol. The average molecular weight is 393 g/mol. The zero-order chi connectivity index (χ0) is 19.0. The first-order valence-corrected chi connectivity index (χ1v) is 8.47. The SMILES string of the molecule is CC(C(=O)O)c1cccc2[nH]c(=O)n(Cc3ccc(Cl)c(Cl)c3)c(=O)c12. The maximum Gasteiger partial charge on any atom is 0.329 e. The zero-order valence-corrected chi connectivity index (χ0v) is 15.1. The van der Waals surface area contributed by atoms with Crippen LogP contribution in [0.25, 0.3) is 10.9 Å². The van der Waals surface area contributed by atoms with Crippen LogP contribution in [-0.4, -0.2) is 20.6 Å². The minimum Gasteiger partial charge on any atom is -0.481 e. The van der Waals surface area contributed by atoms with Crippen molar-refractivity contribution in [2.24, 2.45) is 0 Å². The Morgan fingerprint density at radius 3 is 2.58 bits per heavy atom. The Morgan fingerprint density at radius 1 is 1.19 bits per heavy atom. The second-order valence-corrected chi connectivity index (χ2v) is 6.71. The van der Waals surface area contributed by atoms with Gasteiger partial charge in [0, 0.05) is 0 Å². The number of hydrogen-bond donors (Lipinski definition) is 2. The number of aromatic amines is 1. The summed E-state index contributed by atoms with van der Waals surface area (Å²) in [6.07, 6.45) is 0. The molecule has 1 unspecified atom stereocenters. The molecule has 0 saturated carbocycles. The lowest BCUT2D eigenvalue weighted by molar-refractivity contribution is -0.138. The van der Waals surface area contributed by atoms with Crippen molar-refractivity contribution in [3.05, 3.63) is 78.4 Å². The van der Waals surface area contributed by atoms with Crippen LogP contribution in [0.3, 0.4) is 0 Å². The van der Waals surface area contributed by atoms with E-state index in [0.29, 0.717) is 26.7 Å². The number of halogens is 2. The average Bonchev–Trinajstić information content (AvgIpc) is 2.60. The lowest BCUT2D eigenvalue weighted by atomic mass is 9.97. The molecule has 1 aromatic heterocycles. The van der Waals surface area contributed by atoms with Crippen molar-refractivity contribution in [1.82, 2.24) is 9.55 Å². The third kappa shape index (κ3) is 3.25. The number of aromatic nitrogens is 2. The highest BCUT2D eigenvalue weighted by molar-refractivity contribution is 6.42. The van der Waals surface area contributed by atoms with Gasteiger partial charge in [-0.3, -0.25) is 14.2 Å². The van der Waals surface area contributed by atoms with Crippen LogP contribution in [0.2, 0.25) is 10.0 Å². The first-order valence-electron chi connectivity index (χ1n) is 7.72. The molecule has 8 heteroatoms. The lowest BCUT2D eigenvalue weighted by Gasteiger charge is -2.12. The van der Waals surface area contributed by atoms with Crippen LogP contribution >= 0.6 is 23.2 Å². The summed E-state index contributed by atoms with van der Waals surface area (Å²) in [5.41, 5.74) is 0.123. The molecule has 6 nitrogen and oxygen atoms in total. The standard InChI is InChI=1S/C18H14Cl2N2O4/c1-9(17(24)25)11-3-2-4-14-15(11)16(23)22(18(26)21-14)8-10-5-6-12(19)13(20)7-10/h2-7,9H,8H2,1H3,(H,21,26)(H,24,25). The molecule has 1 heterocycles. The maximum absolute atomic E-state index is 12.9. The summed E-state index contributed by atoms with van der Waals surface area (Å²) in [7, 11) is 0. The minimum absolute atomic E-state index is 0.0171. The van der Waals surface area contributed by atoms with Crippen LogP contribution < -0.4 is 11.2 Å².